The first-order chi connectivity index (χ1) is 11.6. The molecule has 4 heteroatoms. The van der Waals surface area contributed by atoms with Gasteiger partial charge in [0.25, 0.3) is 0 Å². The maximum Gasteiger partial charge on any atom is 0.223 e. The number of amides is 1. The van der Waals surface area contributed by atoms with Crippen LogP contribution in [0.15, 0.2) is 48.5 Å². The Balaban J connectivity index is 1.58. The van der Waals surface area contributed by atoms with Crippen LogP contribution in [-0.4, -0.2) is 17.4 Å². The summed E-state index contributed by atoms with van der Waals surface area (Å²) in [5.41, 5.74) is 1.64. The Kier molecular flexibility index (Phi) is 5.24. The van der Waals surface area contributed by atoms with E-state index in [-0.39, 0.29) is 23.6 Å². The summed E-state index contributed by atoms with van der Waals surface area (Å²) in [5.74, 6) is -0.381. The van der Waals surface area contributed by atoms with Crippen LogP contribution in [0.1, 0.15) is 42.9 Å². The van der Waals surface area contributed by atoms with Crippen molar-refractivity contribution in [2.75, 3.05) is 6.54 Å². The number of rotatable bonds is 5. The third-order valence-electron chi connectivity index (χ3n) is 4.62. The van der Waals surface area contributed by atoms with Gasteiger partial charge in [-0.2, -0.15) is 0 Å². The van der Waals surface area contributed by atoms with Gasteiger partial charge in [0.2, 0.25) is 5.91 Å². The average molecular weight is 329 g/mol. The molecule has 0 spiro atoms. The van der Waals surface area contributed by atoms with Gasteiger partial charge >= 0.3 is 0 Å². The highest BCUT2D eigenvalue weighted by molar-refractivity contribution is 5.77. The van der Waals surface area contributed by atoms with Crippen LogP contribution in [-0.2, 0) is 11.2 Å². The van der Waals surface area contributed by atoms with E-state index < -0.39 is 0 Å². The van der Waals surface area contributed by atoms with Crippen LogP contribution in [0, 0.1) is 11.6 Å². The second-order valence-electron chi connectivity index (χ2n) is 6.24. The largest absolute Gasteiger partial charge is 0.336 e. The van der Waals surface area contributed by atoms with Crippen LogP contribution in [0.25, 0.3) is 0 Å². The number of likely N-dealkylation sites (tertiary alicyclic amines) is 1. The second-order valence-corrected chi connectivity index (χ2v) is 6.24. The van der Waals surface area contributed by atoms with Crippen molar-refractivity contribution in [1.29, 1.82) is 0 Å². The molecule has 126 valence electrons. The summed E-state index contributed by atoms with van der Waals surface area (Å²) in [5, 5.41) is 0. The maximum atomic E-state index is 13.6. The Morgan fingerprint density at radius 3 is 2.58 bits per heavy atom. The zero-order valence-electron chi connectivity index (χ0n) is 13.6. The molecular formula is C20H21F2NO. The Morgan fingerprint density at radius 2 is 1.83 bits per heavy atom. The van der Waals surface area contributed by atoms with Crippen molar-refractivity contribution in [3.8, 4) is 0 Å². The van der Waals surface area contributed by atoms with E-state index in [1.807, 2.05) is 11.0 Å². The van der Waals surface area contributed by atoms with Gasteiger partial charge in [-0.05, 0) is 55.0 Å². The third-order valence-corrected chi connectivity index (χ3v) is 4.62. The fraction of sp³-hybridized carbons (Fsp3) is 0.350. The standard InChI is InChI=1S/C20H21F2NO/c21-17-12-10-16(11-13-17)19-8-4-14-23(19)20(24)9-3-6-15-5-1-2-7-18(15)22/h1-2,5,7,10-13,19H,3-4,6,8-9,14H2. The van der Waals surface area contributed by atoms with Crippen molar-refractivity contribution in [2.45, 2.75) is 38.1 Å². The molecule has 0 radical (unpaired) electrons. The number of nitrogens with zero attached hydrogens (tertiary/aromatic N) is 1. The second kappa shape index (κ2) is 7.56. The van der Waals surface area contributed by atoms with Gasteiger partial charge in [0.15, 0.2) is 0 Å². The van der Waals surface area contributed by atoms with Crippen LogP contribution in [0.5, 0.6) is 0 Å². The summed E-state index contributed by atoms with van der Waals surface area (Å²) in [6.07, 6.45) is 3.47. The quantitative estimate of drug-likeness (QED) is 0.782. The van der Waals surface area contributed by atoms with Crippen LogP contribution < -0.4 is 0 Å². The van der Waals surface area contributed by atoms with Crippen LogP contribution >= 0.6 is 0 Å². The van der Waals surface area contributed by atoms with E-state index in [1.165, 1.54) is 18.2 Å². The molecule has 1 saturated heterocycles. The minimum absolute atomic E-state index is 0.0339. The highest BCUT2D eigenvalue weighted by Crippen LogP contribution is 2.32. The van der Waals surface area contributed by atoms with Crippen LogP contribution in [0.4, 0.5) is 8.78 Å². The first-order valence-corrected chi connectivity index (χ1v) is 8.43. The summed E-state index contributed by atoms with van der Waals surface area (Å²) >= 11 is 0. The number of carbonyl (C=O) groups is 1. The highest BCUT2D eigenvalue weighted by Gasteiger charge is 2.29. The molecule has 1 aliphatic heterocycles. The molecule has 1 fully saturated rings. The lowest BCUT2D eigenvalue weighted by molar-refractivity contribution is -0.132. The van der Waals surface area contributed by atoms with Gasteiger partial charge < -0.3 is 4.90 Å². The number of hydrogen-bond acceptors (Lipinski definition) is 1. The smallest absolute Gasteiger partial charge is 0.223 e. The Hall–Kier alpha value is -2.23. The molecule has 1 atom stereocenters. The fourth-order valence-electron chi connectivity index (χ4n) is 3.37. The molecule has 3 rings (SSSR count). The minimum atomic E-state index is -0.264. The molecule has 1 amide bonds. The first-order valence-electron chi connectivity index (χ1n) is 8.43. The SMILES string of the molecule is O=C(CCCc1ccccc1F)N1CCCC1c1ccc(F)cc1. The molecular weight excluding hydrogens is 308 g/mol. The molecule has 2 aromatic carbocycles. The van der Waals surface area contributed by atoms with Gasteiger partial charge in [-0.25, -0.2) is 8.78 Å². The molecule has 24 heavy (non-hydrogen) atoms. The maximum absolute atomic E-state index is 13.6. The lowest BCUT2D eigenvalue weighted by atomic mass is 10.0. The molecule has 1 heterocycles. The summed E-state index contributed by atoms with van der Waals surface area (Å²) in [6, 6.07) is 13.1. The van der Waals surface area contributed by atoms with Crippen molar-refractivity contribution >= 4 is 5.91 Å². The monoisotopic (exact) mass is 329 g/mol. The van der Waals surface area contributed by atoms with Crippen LogP contribution in [0.3, 0.4) is 0 Å². The Labute approximate surface area is 141 Å². The molecule has 0 aliphatic carbocycles. The van der Waals surface area contributed by atoms with Gasteiger partial charge in [-0.15, -0.1) is 0 Å². The first kappa shape index (κ1) is 16.6. The minimum Gasteiger partial charge on any atom is -0.336 e. The van der Waals surface area contributed by atoms with E-state index in [2.05, 4.69) is 0 Å². The van der Waals surface area contributed by atoms with Crippen molar-refractivity contribution in [3.63, 3.8) is 0 Å². The van der Waals surface area contributed by atoms with E-state index in [1.54, 1.807) is 24.3 Å². The van der Waals surface area contributed by atoms with Crippen molar-refractivity contribution in [3.05, 3.63) is 71.3 Å². The van der Waals surface area contributed by atoms with Crippen LogP contribution in [0.2, 0.25) is 0 Å². The summed E-state index contributed by atoms with van der Waals surface area (Å²) in [4.78, 5) is 14.4. The Bertz CT molecular complexity index is 699. The van der Waals surface area contributed by atoms with Gasteiger partial charge in [0.1, 0.15) is 11.6 Å². The molecule has 2 nitrogen and oxygen atoms in total. The third kappa shape index (κ3) is 3.81. The number of halogens is 2. The lowest BCUT2D eigenvalue weighted by Crippen LogP contribution is -2.30. The predicted molar refractivity (Wildman–Crippen MR) is 89.4 cm³/mol. The number of carbonyl (C=O) groups excluding carboxylic acids is 1. The summed E-state index contributed by atoms with van der Waals surface area (Å²) < 4.78 is 26.7. The lowest BCUT2D eigenvalue weighted by Gasteiger charge is -2.25. The van der Waals surface area contributed by atoms with E-state index in [0.717, 1.165) is 24.9 Å². The molecule has 0 saturated carbocycles. The van der Waals surface area contributed by atoms with E-state index in [0.29, 0.717) is 24.8 Å². The molecule has 1 aliphatic rings. The summed E-state index contributed by atoms with van der Waals surface area (Å²) in [6.45, 7) is 0.737. The summed E-state index contributed by atoms with van der Waals surface area (Å²) in [7, 11) is 0. The highest BCUT2D eigenvalue weighted by atomic mass is 19.1. The molecule has 0 bridgehead atoms. The van der Waals surface area contributed by atoms with E-state index in [9.17, 15) is 13.6 Å². The van der Waals surface area contributed by atoms with E-state index in [4.69, 9.17) is 0 Å². The van der Waals surface area contributed by atoms with Gasteiger partial charge in [0, 0.05) is 13.0 Å². The molecule has 1 unspecified atom stereocenters. The zero-order valence-corrected chi connectivity index (χ0v) is 13.6. The predicted octanol–water partition coefficient (Wildman–Crippen LogP) is 4.65. The number of hydrogen-bond donors (Lipinski definition) is 0. The topological polar surface area (TPSA) is 20.3 Å². The van der Waals surface area contributed by atoms with Crippen molar-refractivity contribution in [2.24, 2.45) is 0 Å². The van der Waals surface area contributed by atoms with Crippen molar-refractivity contribution in [1.82, 2.24) is 4.90 Å². The number of benzene rings is 2. The van der Waals surface area contributed by atoms with Gasteiger partial charge in [-0.3, -0.25) is 4.79 Å². The molecule has 2 aromatic rings. The zero-order chi connectivity index (χ0) is 16.9. The average Bonchev–Trinajstić information content (AvgIpc) is 3.07. The van der Waals surface area contributed by atoms with Gasteiger partial charge in [0.05, 0.1) is 6.04 Å². The number of aryl methyl sites for hydroxylation is 1. The molecule has 0 aromatic heterocycles. The van der Waals surface area contributed by atoms with E-state index >= 15 is 0 Å². The molecule has 0 N–H and O–H groups in total. The van der Waals surface area contributed by atoms with Gasteiger partial charge in [-0.1, -0.05) is 30.3 Å². The fourth-order valence-corrected chi connectivity index (χ4v) is 3.37. The van der Waals surface area contributed by atoms with Crippen molar-refractivity contribution < 1.29 is 13.6 Å². The normalized spacial score (nSPS) is 17.2. The Morgan fingerprint density at radius 1 is 1.08 bits per heavy atom.